The second-order valence-electron chi connectivity index (χ2n) is 5.97. The van der Waals surface area contributed by atoms with Crippen LogP contribution in [0.25, 0.3) is 0 Å². The Hall–Kier alpha value is -1.95. The van der Waals surface area contributed by atoms with Crippen molar-refractivity contribution in [3.8, 4) is 0 Å². The number of amides is 2. The maximum Gasteiger partial charge on any atom is 0.256 e. The minimum atomic E-state index is -0.486. The maximum atomic E-state index is 13.8. The van der Waals surface area contributed by atoms with Gasteiger partial charge in [-0.2, -0.15) is 0 Å². The van der Waals surface area contributed by atoms with Gasteiger partial charge in [0.1, 0.15) is 5.82 Å². The Morgan fingerprint density at radius 1 is 1.08 bits per heavy atom. The molecule has 0 atom stereocenters. The van der Waals surface area contributed by atoms with E-state index in [0.29, 0.717) is 39.3 Å². The average Bonchev–Trinajstić information content (AvgIpc) is 2.81. The van der Waals surface area contributed by atoms with Gasteiger partial charge in [0.25, 0.3) is 5.91 Å². The van der Waals surface area contributed by atoms with Crippen LogP contribution in [0.3, 0.4) is 0 Å². The third-order valence-electron chi connectivity index (χ3n) is 4.46. The first kappa shape index (κ1) is 18.4. The van der Waals surface area contributed by atoms with Crippen molar-refractivity contribution in [2.75, 3.05) is 45.8 Å². The molecule has 0 unspecified atom stereocenters. The summed E-state index contributed by atoms with van der Waals surface area (Å²) < 4.78 is 13.8. The first-order valence-corrected chi connectivity index (χ1v) is 8.60. The van der Waals surface area contributed by atoms with Gasteiger partial charge < -0.3 is 9.80 Å². The van der Waals surface area contributed by atoms with Crippen LogP contribution < -0.4 is 0 Å². The van der Waals surface area contributed by atoms with E-state index in [1.54, 1.807) is 17.0 Å². The largest absolute Gasteiger partial charge is 0.342 e. The lowest BCUT2D eigenvalue weighted by Crippen LogP contribution is -2.42. The molecule has 0 spiro atoms. The highest BCUT2D eigenvalue weighted by molar-refractivity contribution is 5.94. The van der Waals surface area contributed by atoms with Crippen molar-refractivity contribution in [3.05, 3.63) is 35.6 Å². The number of carbonyl (C=O) groups is 2. The quantitative estimate of drug-likeness (QED) is 0.825. The molecule has 2 rings (SSSR count). The van der Waals surface area contributed by atoms with E-state index in [1.807, 2.05) is 18.7 Å². The van der Waals surface area contributed by atoms with E-state index in [2.05, 4.69) is 4.90 Å². The monoisotopic (exact) mass is 335 g/mol. The van der Waals surface area contributed by atoms with Crippen molar-refractivity contribution in [2.24, 2.45) is 0 Å². The zero-order chi connectivity index (χ0) is 17.5. The predicted octanol–water partition coefficient (Wildman–Crippen LogP) is 1.84. The Balaban J connectivity index is 1.94. The van der Waals surface area contributed by atoms with Gasteiger partial charge in [0.15, 0.2) is 0 Å². The molecule has 1 aliphatic heterocycles. The Kier molecular flexibility index (Phi) is 6.73. The van der Waals surface area contributed by atoms with Crippen LogP contribution in [0.5, 0.6) is 0 Å². The zero-order valence-corrected chi connectivity index (χ0v) is 14.5. The summed E-state index contributed by atoms with van der Waals surface area (Å²) in [6.07, 6.45) is 0.783. The Bertz CT molecular complexity index is 575. The van der Waals surface area contributed by atoms with Crippen LogP contribution in [0.15, 0.2) is 24.3 Å². The lowest BCUT2D eigenvalue weighted by molar-refractivity contribution is -0.132. The summed E-state index contributed by atoms with van der Waals surface area (Å²) in [4.78, 5) is 30.3. The average molecular weight is 335 g/mol. The van der Waals surface area contributed by atoms with Crippen LogP contribution in [-0.2, 0) is 4.79 Å². The smallest absolute Gasteiger partial charge is 0.256 e. The van der Waals surface area contributed by atoms with Crippen LogP contribution in [0, 0.1) is 5.82 Å². The number of hydrogen-bond acceptors (Lipinski definition) is 3. The molecule has 1 aromatic rings. The molecule has 1 aromatic carbocycles. The van der Waals surface area contributed by atoms with Crippen molar-refractivity contribution < 1.29 is 14.0 Å². The van der Waals surface area contributed by atoms with Crippen molar-refractivity contribution in [2.45, 2.75) is 20.3 Å². The number of benzene rings is 1. The van der Waals surface area contributed by atoms with Gasteiger partial charge >= 0.3 is 0 Å². The molecule has 0 aromatic heterocycles. The molecule has 132 valence electrons. The van der Waals surface area contributed by atoms with E-state index in [0.717, 1.165) is 13.0 Å². The molecule has 0 radical (unpaired) electrons. The number of rotatable bonds is 5. The fourth-order valence-corrected chi connectivity index (χ4v) is 3.00. The topological polar surface area (TPSA) is 43.9 Å². The summed E-state index contributed by atoms with van der Waals surface area (Å²) in [5.41, 5.74) is 0.116. The normalized spacial score (nSPS) is 15.9. The van der Waals surface area contributed by atoms with E-state index in [4.69, 9.17) is 0 Å². The Morgan fingerprint density at radius 3 is 2.46 bits per heavy atom. The minimum Gasteiger partial charge on any atom is -0.342 e. The van der Waals surface area contributed by atoms with E-state index in [1.165, 1.54) is 12.1 Å². The molecule has 1 heterocycles. The van der Waals surface area contributed by atoms with Crippen LogP contribution in [0.2, 0.25) is 0 Å². The summed E-state index contributed by atoms with van der Waals surface area (Å²) >= 11 is 0. The number of likely N-dealkylation sites (N-methyl/N-ethyl adjacent to an activating group) is 1. The molecule has 0 N–H and O–H groups in total. The fourth-order valence-electron chi connectivity index (χ4n) is 3.00. The Labute approximate surface area is 143 Å². The minimum absolute atomic E-state index is 0.116. The first-order valence-electron chi connectivity index (χ1n) is 8.60. The number of nitrogens with zero attached hydrogens (tertiary/aromatic N) is 3. The summed E-state index contributed by atoms with van der Waals surface area (Å²) in [6, 6.07) is 6.07. The van der Waals surface area contributed by atoms with Gasteiger partial charge in [0, 0.05) is 39.3 Å². The lowest BCUT2D eigenvalue weighted by Gasteiger charge is -2.25. The van der Waals surface area contributed by atoms with Crippen LogP contribution in [-0.4, -0.2) is 72.3 Å². The van der Waals surface area contributed by atoms with Crippen LogP contribution in [0.4, 0.5) is 4.39 Å². The van der Waals surface area contributed by atoms with Crippen molar-refractivity contribution in [3.63, 3.8) is 0 Å². The molecular formula is C18H26FN3O2. The third-order valence-corrected chi connectivity index (χ3v) is 4.46. The second-order valence-corrected chi connectivity index (χ2v) is 5.97. The molecule has 24 heavy (non-hydrogen) atoms. The van der Waals surface area contributed by atoms with Crippen LogP contribution in [0.1, 0.15) is 30.6 Å². The highest BCUT2D eigenvalue weighted by atomic mass is 19.1. The van der Waals surface area contributed by atoms with Gasteiger partial charge in [-0.25, -0.2) is 4.39 Å². The third kappa shape index (κ3) is 4.54. The van der Waals surface area contributed by atoms with Gasteiger partial charge in [-0.1, -0.05) is 12.1 Å². The molecule has 1 fully saturated rings. The molecule has 2 amide bonds. The second kappa shape index (κ2) is 8.78. The number of halogens is 1. The number of hydrogen-bond donors (Lipinski definition) is 0. The standard InChI is InChI=1S/C18H26FN3O2/c1-3-21(4-2)17(23)14-20-10-7-11-22(13-12-20)18(24)15-8-5-6-9-16(15)19/h5-6,8-9H,3-4,7,10-14H2,1-2H3. The van der Waals surface area contributed by atoms with Crippen LogP contribution >= 0.6 is 0 Å². The Morgan fingerprint density at radius 2 is 1.79 bits per heavy atom. The highest BCUT2D eigenvalue weighted by Gasteiger charge is 2.23. The fraction of sp³-hybridized carbons (Fsp3) is 0.556. The maximum absolute atomic E-state index is 13.8. The van der Waals surface area contributed by atoms with Gasteiger partial charge in [0.2, 0.25) is 5.91 Å². The van der Waals surface area contributed by atoms with E-state index in [9.17, 15) is 14.0 Å². The van der Waals surface area contributed by atoms with Gasteiger partial charge in [0.05, 0.1) is 12.1 Å². The van der Waals surface area contributed by atoms with Crippen molar-refractivity contribution >= 4 is 11.8 Å². The molecule has 6 heteroatoms. The molecule has 5 nitrogen and oxygen atoms in total. The highest BCUT2D eigenvalue weighted by Crippen LogP contribution is 2.12. The van der Waals surface area contributed by atoms with E-state index in [-0.39, 0.29) is 17.4 Å². The molecule has 0 bridgehead atoms. The predicted molar refractivity (Wildman–Crippen MR) is 91.3 cm³/mol. The number of carbonyl (C=O) groups excluding carboxylic acids is 2. The van der Waals surface area contributed by atoms with Gasteiger partial charge in [-0.3, -0.25) is 14.5 Å². The summed E-state index contributed by atoms with van der Waals surface area (Å²) in [6.45, 7) is 8.24. The molecular weight excluding hydrogens is 309 g/mol. The lowest BCUT2D eigenvalue weighted by atomic mass is 10.2. The van der Waals surface area contributed by atoms with Gasteiger partial charge in [-0.05, 0) is 32.4 Å². The van der Waals surface area contributed by atoms with Gasteiger partial charge in [-0.15, -0.1) is 0 Å². The van der Waals surface area contributed by atoms with Crippen molar-refractivity contribution in [1.29, 1.82) is 0 Å². The molecule has 1 saturated heterocycles. The summed E-state index contributed by atoms with van der Waals surface area (Å²) in [7, 11) is 0. The van der Waals surface area contributed by atoms with E-state index >= 15 is 0 Å². The zero-order valence-electron chi connectivity index (χ0n) is 14.5. The first-order chi connectivity index (χ1) is 11.6. The molecule has 0 saturated carbocycles. The van der Waals surface area contributed by atoms with Crippen molar-refractivity contribution in [1.82, 2.24) is 14.7 Å². The summed E-state index contributed by atoms with van der Waals surface area (Å²) in [5.74, 6) is -0.640. The SMILES string of the molecule is CCN(CC)C(=O)CN1CCCN(C(=O)c2ccccc2F)CC1. The summed E-state index contributed by atoms with van der Waals surface area (Å²) in [5, 5.41) is 0. The molecule has 1 aliphatic rings. The van der Waals surface area contributed by atoms with E-state index < -0.39 is 5.82 Å². The molecule has 0 aliphatic carbocycles.